The van der Waals surface area contributed by atoms with Crippen molar-refractivity contribution in [2.24, 2.45) is 0 Å². The molecule has 0 saturated heterocycles. The maximum atomic E-state index is 12.7. The Balaban J connectivity index is 2.34. The maximum Gasteiger partial charge on any atom is 0.408 e. The number of hydrogen-bond donors (Lipinski definition) is 1. The third-order valence-electron chi connectivity index (χ3n) is 3.25. The molecule has 2 unspecified atom stereocenters. The van der Waals surface area contributed by atoms with Crippen LogP contribution in [0.25, 0.3) is 0 Å². The van der Waals surface area contributed by atoms with E-state index in [-0.39, 0.29) is 17.9 Å². The lowest BCUT2D eigenvalue weighted by Gasteiger charge is -2.31. The summed E-state index contributed by atoms with van der Waals surface area (Å²) in [4.78, 5) is 4.29. The summed E-state index contributed by atoms with van der Waals surface area (Å²) in [6, 6.07) is -1.70. The molecule has 2 atom stereocenters. The molecule has 0 spiro atoms. The number of halogens is 3. The summed E-state index contributed by atoms with van der Waals surface area (Å²) in [7, 11) is 0. The molecule has 18 heavy (non-hydrogen) atoms. The molecule has 1 aromatic rings. The van der Waals surface area contributed by atoms with Gasteiger partial charge in [-0.15, -0.1) is 0 Å². The number of fused-ring (bicyclic) bond motifs is 1. The van der Waals surface area contributed by atoms with Gasteiger partial charge in [0.15, 0.2) is 0 Å². The Hall–Kier alpha value is -1.20. The van der Waals surface area contributed by atoms with Gasteiger partial charge in [0.2, 0.25) is 5.95 Å². The van der Waals surface area contributed by atoms with E-state index < -0.39 is 12.2 Å². The Labute approximate surface area is 104 Å². The van der Waals surface area contributed by atoms with E-state index in [1.807, 2.05) is 27.0 Å². The number of imidazole rings is 1. The first-order chi connectivity index (χ1) is 8.09. The first-order valence-corrected chi connectivity index (χ1v) is 6.01. The van der Waals surface area contributed by atoms with Crippen molar-refractivity contribution < 1.29 is 13.2 Å². The molecular weight excluding hydrogens is 243 g/mol. The minimum atomic E-state index is -4.23. The van der Waals surface area contributed by atoms with Gasteiger partial charge in [-0.2, -0.15) is 13.2 Å². The lowest BCUT2D eigenvalue weighted by atomic mass is 9.93. The van der Waals surface area contributed by atoms with Gasteiger partial charge in [-0.3, -0.25) is 0 Å². The smallest absolute Gasteiger partial charge is 0.344 e. The van der Waals surface area contributed by atoms with Crippen LogP contribution in [0.15, 0.2) is 6.20 Å². The highest BCUT2D eigenvalue weighted by molar-refractivity contribution is 5.36. The van der Waals surface area contributed by atoms with Gasteiger partial charge < -0.3 is 9.88 Å². The van der Waals surface area contributed by atoms with Crippen molar-refractivity contribution in [2.45, 2.75) is 57.8 Å². The molecular formula is C12H18F3N3. The van der Waals surface area contributed by atoms with Crippen LogP contribution >= 0.6 is 0 Å². The second-order valence-corrected chi connectivity index (χ2v) is 5.93. The summed E-state index contributed by atoms with van der Waals surface area (Å²) in [6.45, 7) is 7.77. The zero-order valence-corrected chi connectivity index (χ0v) is 11.0. The summed E-state index contributed by atoms with van der Waals surface area (Å²) in [5.74, 6) is 0.320. The summed E-state index contributed by atoms with van der Waals surface area (Å²) in [6.07, 6.45) is -2.34. The average Bonchev–Trinajstić information content (AvgIpc) is 2.59. The van der Waals surface area contributed by atoms with Crippen molar-refractivity contribution in [3.05, 3.63) is 11.9 Å². The number of rotatable bonds is 0. The molecule has 102 valence electrons. The Morgan fingerprint density at radius 3 is 2.44 bits per heavy atom. The quantitative estimate of drug-likeness (QED) is 0.774. The first kappa shape index (κ1) is 13.2. The molecule has 1 aliphatic rings. The van der Waals surface area contributed by atoms with E-state index in [4.69, 9.17) is 0 Å². The molecule has 0 aliphatic carbocycles. The van der Waals surface area contributed by atoms with Crippen LogP contribution in [0.2, 0.25) is 0 Å². The van der Waals surface area contributed by atoms with Crippen LogP contribution in [-0.2, 0) is 5.41 Å². The van der Waals surface area contributed by atoms with E-state index >= 15 is 0 Å². The van der Waals surface area contributed by atoms with E-state index in [1.54, 1.807) is 11.5 Å². The molecule has 0 bridgehead atoms. The second kappa shape index (κ2) is 3.90. The molecule has 1 N–H and O–H groups in total. The van der Waals surface area contributed by atoms with Gasteiger partial charge in [0.25, 0.3) is 0 Å². The fourth-order valence-electron chi connectivity index (χ4n) is 2.08. The average molecular weight is 261 g/mol. The monoisotopic (exact) mass is 261 g/mol. The molecule has 0 aromatic carbocycles. The normalized spacial score (nSPS) is 24.6. The van der Waals surface area contributed by atoms with Crippen LogP contribution in [0, 0.1) is 0 Å². The molecule has 1 aliphatic heterocycles. The van der Waals surface area contributed by atoms with Crippen molar-refractivity contribution in [1.29, 1.82) is 0 Å². The molecule has 0 radical (unpaired) electrons. The highest BCUT2D eigenvalue weighted by atomic mass is 19.4. The SMILES string of the molecule is CC1CC(C(F)(F)F)Nc2nc(C(C)(C)C)cn21. The van der Waals surface area contributed by atoms with Crippen molar-refractivity contribution in [3.8, 4) is 0 Å². The van der Waals surface area contributed by atoms with Crippen LogP contribution < -0.4 is 5.32 Å². The standard InChI is InChI=1S/C12H18F3N3/c1-7-5-8(12(13,14)15)16-10-17-9(6-18(7)10)11(2,3)4/h6-8H,5H2,1-4H3,(H,16,17). The summed E-state index contributed by atoms with van der Waals surface area (Å²) in [5, 5.41) is 2.49. The number of nitrogens with one attached hydrogen (secondary N) is 1. The van der Waals surface area contributed by atoms with Crippen LogP contribution in [-0.4, -0.2) is 21.8 Å². The molecule has 2 rings (SSSR count). The van der Waals surface area contributed by atoms with Crippen molar-refractivity contribution in [3.63, 3.8) is 0 Å². The van der Waals surface area contributed by atoms with E-state index in [0.29, 0.717) is 5.95 Å². The Kier molecular flexibility index (Phi) is 2.87. The van der Waals surface area contributed by atoms with Gasteiger partial charge in [-0.05, 0) is 13.3 Å². The number of nitrogens with zero attached hydrogens (tertiary/aromatic N) is 2. The fourth-order valence-corrected chi connectivity index (χ4v) is 2.08. The first-order valence-electron chi connectivity index (χ1n) is 6.01. The third-order valence-corrected chi connectivity index (χ3v) is 3.25. The summed E-state index contributed by atoms with van der Waals surface area (Å²) < 4.78 is 40.0. The molecule has 1 aromatic heterocycles. The number of anilines is 1. The molecule has 2 heterocycles. The predicted molar refractivity (Wildman–Crippen MR) is 63.7 cm³/mol. The van der Waals surface area contributed by atoms with Gasteiger partial charge >= 0.3 is 6.18 Å². The minimum Gasteiger partial charge on any atom is -0.344 e. The fraction of sp³-hybridized carbons (Fsp3) is 0.750. The zero-order chi connectivity index (χ0) is 13.7. The number of alkyl halides is 3. The molecule has 3 nitrogen and oxygen atoms in total. The minimum absolute atomic E-state index is 0.0381. The molecule has 0 fully saturated rings. The van der Waals surface area contributed by atoms with E-state index in [9.17, 15) is 13.2 Å². The van der Waals surface area contributed by atoms with Gasteiger partial charge in [0.1, 0.15) is 6.04 Å². The highest BCUT2D eigenvalue weighted by Crippen LogP contribution is 2.36. The van der Waals surface area contributed by atoms with Crippen LogP contribution in [0.1, 0.15) is 45.9 Å². The van der Waals surface area contributed by atoms with Crippen molar-refractivity contribution >= 4 is 5.95 Å². The zero-order valence-electron chi connectivity index (χ0n) is 11.0. The third kappa shape index (κ3) is 2.33. The van der Waals surface area contributed by atoms with Gasteiger partial charge in [0, 0.05) is 17.7 Å². The Morgan fingerprint density at radius 1 is 1.33 bits per heavy atom. The van der Waals surface area contributed by atoms with Crippen molar-refractivity contribution in [1.82, 2.24) is 9.55 Å². The second-order valence-electron chi connectivity index (χ2n) is 5.93. The van der Waals surface area contributed by atoms with Crippen LogP contribution in [0.4, 0.5) is 19.1 Å². The lowest BCUT2D eigenvalue weighted by molar-refractivity contribution is -0.146. The van der Waals surface area contributed by atoms with Gasteiger partial charge in [-0.25, -0.2) is 4.98 Å². The topological polar surface area (TPSA) is 29.9 Å². The Morgan fingerprint density at radius 2 is 1.94 bits per heavy atom. The van der Waals surface area contributed by atoms with Crippen molar-refractivity contribution in [2.75, 3.05) is 5.32 Å². The summed E-state index contributed by atoms with van der Waals surface area (Å²) in [5.41, 5.74) is 0.638. The van der Waals surface area contributed by atoms with Gasteiger partial charge in [0.05, 0.1) is 5.69 Å². The van der Waals surface area contributed by atoms with Crippen LogP contribution in [0.3, 0.4) is 0 Å². The number of hydrogen-bond acceptors (Lipinski definition) is 2. The van der Waals surface area contributed by atoms with Gasteiger partial charge in [-0.1, -0.05) is 20.8 Å². The maximum absolute atomic E-state index is 12.7. The molecule has 6 heteroatoms. The number of aromatic nitrogens is 2. The molecule has 0 saturated carbocycles. The van der Waals surface area contributed by atoms with E-state index in [0.717, 1.165) is 5.69 Å². The predicted octanol–water partition coefficient (Wildman–Crippen LogP) is 3.49. The summed E-state index contributed by atoms with van der Waals surface area (Å²) >= 11 is 0. The van der Waals surface area contributed by atoms with Crippen LogP contribution in [0.5, 0.6) is 0 Å². The van der Waals surface area contributed by atoms with E-state index in [1.165, 1.54) is 0 Å². The van der Waals surface area contributed by atoms with E-state index in [2.05, 4.69) is 10.3 Å². The highest BCUT2D eigenvalue weighted by Gasteiger charge is 2.44. The largest absolute Gasteiger partial charge is 0.408 e. The lowest BCUT2D eigenvalue weighted by Crippen LogP contribution is -2.41. The Bertz CT molecular complexity index is 442. The molecule has 0 amide bonds.